The predicted octanol–water partition coefficient (Wildman–Crippen LogP) is 3.12. The second-order valence-corrected chi connectivity index (χ2v) is 7.34. The van der Waals surface area contributed by atoms with Crippen LogP contribution in [0.4, 0.5) is 13.2 Å². The summed E-state index contributed by atoms with van der Waals surface area (Å²) >= 11 is 0. The number of hydrogen-bond donors (Lipinski definition) is 1. The largest absolute Gasteiger partial charge is 0.416 e. The van der Waals surface area contributed by atoms with Gasteiger partial charge in [-0.15, -0.1) is 0 Å². The van der Waals surface area contributed by atoms with Gasteiger partial charge in [-0.3, -0.25) is 4.79 Å². The summed E-state index contributed by atoms with van der Waals surface area (Å²) in [7, 11) is 1.90. The van der Waals surface area contributed by atoms with E-state index in [-0.39, 0.29) is 12.3 Å². The molecule has 1 atom stereocenters. The minimum Gasteiger partial charge on any atom is -0.342 e. The molecule has 1 aliphatic heterocycles. The van der Waals surface area contributed by atoms with Crippen LogP contribution in [0.5, 0.6) is 0 Å². The molecular weight excluding hydrogens is 369 g/mol. The van der Waals surface area contributed by atoms with Crippen molar-refractivity contribution in [1.29, 1.82) is 0 Å². The number of halogens is 3. The molecule has 1 unspecified atom stereocenters. The molecule has 5 nitrogen and oxygen atoms in total. The van der Waals surface area contributed by atoms with E-state index in [1.807, 2.05) is 11.9 Å². The molecule has 0 radical (unpaired) electrons. The molecule has 1 N–H and O–H groups in total. The first-order valence-corrected chi connectivity index (χ1v) is 9.35. The van der Waals surface area contributed by atoms with Crippen LogP contribution >= 0.6 is 0 Å². The number of carbonyl (C=O) groups is 1. The third-order valence-electron chi connectivity index (χ3n) is 5.32. The maximum absolute atomic E-state index is 13.0. The summed E-state index contributed by atoms with van der Waals surface area (Å²) in [5.41, 5.74) is 1.75. The van der Waals surface area contributed by atoms with Crippen LogP contribution in [0, 0.1) is 19.8 Å². The molecule has 2 heterocycles. The van der Waals surface area contributed by atoms with Crippen molar-refractivity contribution in [3.8, 4) is 5.69 Å². The Morgan fingerprint density at radius 2 is 2.07 bits per heavy atom. The van der Waals surface area contributed by atoms with Crippen molar-refractivity contribution >= 4 is 5.91 Å². The van der Waals surface area contributed by atoms with E-state index in [0.717, 1.165) is 43.8 Å². The lowest BCUT2D eigenvalue weighted by Gasteiger charge is -2.17. The zero-order valence-corrected chi connectivity index (χ0v) is 16.3. The molecule has 1 fully saturated rings. The van der Waals surface area contributed by atoms with Crippen LogP contribution in [0.1, 0.15) is 28.9 Å². The number of alkyl halides is 3. The van der Waals surface area contributed by atoms with Gasteiger partial charge in [0.25, 0.3) is 0 Å². The Kier molecular flexibility index (Phi) is 5.79. The van der Waals surface area contributed by atoms with Crippen LogP contribution in [-0.2, 0) is 17.4 Å². The molecule has 1 amide bonds. The van der Waals surface area contributed by atoms with E-state index in [1.165, 1.54) is 10.7 Å². The number of aromatic nitrogens is 2. The summed E-state index contributed by atoms with van der Waals surface area (Å²) < 4.78 is 40.5. The Morgan fingerprint density at radius 1 is 1.32 bits per heavy atom. The summed E-state index contributed by atoms with van der Waals surface area (Å²) in [6.45, 7) is 5.93. The van der Waals surface area contributed by atoms with Gasteiger partial charge in [0.2, 0.25) is 5.91 Å². The van der Waals surface area contributed by atoms with Gasteiger partial charge in [-0.25, -0.2) is 4.68 Å². The Morgan fingerprint density at radius 3 is 2.75 bits per heavy atom. The van der Waals surface area contributed by atoms with Crippen molar-refractivity contribution in [2.45, 2.75) is 32.9 Å². The average Bonchev–Trinajstić information content (AvgIpc) is 3.21. The van der Waals surface area contributed by atoms with Crippen molar-refractivity contribution in [3.05, 3.63) is 46.8 Å². The van der Waals surface area contributed by atoms with Crippen molar-refractivity contribution in [2.75, 3.05) is 26.7 Å². The van der Waals surface area contributed by atoms with E-state index in [2.05, 4.69) is 10.4 Å². The molecule has 0 saturated carbocycles. The number of hydrogen-bond acceptors (Lipinski definition) is 3. The van der Waals surface area contributed by atoms with Crippen molar-refractivity contribution < 1.29 is 18.0 Å². The SMILES string of the molecule is CNCC1CCN(C(=O)Cc2c(C)nn(-c3cccc(C(F)(F)F)c3)c2C)C1. The third-order valence-corrected chi connectivity index (χ3v) is 5.32. The molecule has 8 heteroatoms. The number of rotatable bonds is 5. The zero-order valence-electron chi connectivity index (χ0n) is 16.3. The number of amides is 1. The molecule has 3 rings (SSSR count). The lowest BCUT2D eigenvalue weighted by Crippen LogP contribution is -2.31. The lowest BCUT2D eigenvalue weighted by atomic mass is 10.1. The normalized spacial score (nSPS) is 17.4. The van der Waals surface area contributed by atoms with Crippen LogP contribution in [0.3, 0.4) is 0 Å². The number of nitrogens with one attached hydrogen (secondary N) is 1. The summed E-state index contributed by atoms with van der Waals surface area (Å²) in [4.78, 5) is 14.6. The second kappa shape index (κ2) is 7.95. The lowest BCUT2D eigenvalue weighted by molar-refractivity contribution is -0.137. The van der Waals surface area contributed by atoms with Crippen molar-refractivity contribution in [3.63, 3.8) is 0 Å². The minimum atomic E-state index is -4.41. The van der Waals surface area contributed by atoms with Gasteiger partial charge in [-0.1, -0.05) is 6.07 Å². The first kappa shape index (κ1) is 20.4. The van der Waals surface area contributed by atoms with Gasteiger partial charge in [-0.05, 0) is 58.0 Å². The maximum atomic E-state index is 13.0. The minimum absolute atomic E-state index is 0.0356. The third kappa shape index (κ3) is 4.22. The first-order valence-electron chi connectivity index (χ1n) is 9.35. The fourth-order valence-corrected chi connectivity index (χ4v) is 3.77. The highest BCUT2D eigenvalue weighted by molar-refractivity contribution is 5.79. The molecule has 152 valence electrons. The Hall–Kier alpha value is -2.35. The Labute approximate surface area is 162 Å². The molecular formula is C20H25F3N4O. The first-order chi connectivity index (χ1) is 13.2. The predicted molar refractivity (Wildman–Crippen MR) is 100 cm³/mol. The fourth-order valence-electron chi connectivity index (χ4n) is 3.77. The molecule has 0 spiro atoms. The van der Waals surface area contributed by atoms with Gasteiger partial charge in [0.1, 0.15) is 0 Å². The summed E-state index contributed by atoms with van der Waals surface area (Å²) in [5, 5.41) is 7.54. The number of nitrogens with zero attached hydrogens (tertiary/aromatic N) is 3. The van der Waals surface area contributed by atoms with Gasteiger partial charge < -0.3 is 10.2 Å². The van der Waals surface area contributed by atoms with E-state index < -0.39 is 11.7 Å². The van der Waals surface area contributed by atoms with Gasteiger partial charge >= 0.3 is 6.18 Å². The molecule has 28 heavy (non-hydrogen) atoms. The maximum Gasteiger partial charge on any atom is 0.416 e. The van der Waals surface area contributed by atoms with Crippen LogP contribution in [0.25, 0.3) is 5.69 Å². The van der Waals surface area contributed by atoms with Crippen LogP contribution in [0.15, 0.2) is 24.3 Å². The quantitative estimate of drug-likeness (QED) is 0.848. The van der Waals surface area contributed by atoms with Gasteiger partial charge in [-0.2, -0.15) is 18.3 Å². The molecule has 0 aliphatic carbocycles. The molecule has 1 aromatic heterocycles. The number of likely N-dealkylation sites (tertiary alicyclic amines) is 1. The van der Waals surface area contributed by atoms with E-state index in [4.69, 9.17) is 0 Å². The zero-order chi connectivity index (χ0) is 20.5. The molecule has 1 aromatic carbocycles. The van der Waals surface area contributed by atoms with Gasteiger partial charge in [0.05, 0.1) is 23.4 Å². The standard InChI is InChI=1S/C20H25F3N4O/c1-13-18(10-19(28)26-8-7-15(12-26)11-24-3)14(2)27(25-13)17-6-4-5-16(9-17)20(21,22)23/h4-6,9,15,24H,7-8,10-12H2,1-3H3. The number of carbonyl (C=O) groups excluding carboxylic acids is 1. The van der Waals surface area contributed by atoms with E-state index in [1.54, 1.807) is 19.9 Å². The second-order valence-electron chi connectivity index (χ2n) is 7.34. The summed E-state index contributed by atoms with van der Waals surface area (Å²) in [6.07, 6.45) is -3.22. The Balaban J connectivity index is 1.80. The van der Waals surface area contributed by atoms with E-state index in [9.17, 15) is 18.0 Å². The summed E-state index contributed by atoms with van der Waals surface area (Å²) in [5.74, 6) is 0.498. The molecule has 0 bridgehead atoms. The van der Waals surface area contributed by atoms with E-state index >= 15 is 0 Å². The Bertz CT molecular complexity index is 860. The highest BCUT2D eigenvalue weighted by atomic mass is 19.4. The monoisotopic (exact) mass is 394 g/mol. The average molecular weight is 394 g/mol. The highest BCUT2D eigenvalue weighted by Crippen LogP contribution is 2.31. The van der Waals surface area contributed by atoms with Gasteiger partial charge in [0.15, 0.2) is 0 Å². The van der Waals surface area contributed by atoms with Crippen molar-refractivity contribution in [1.82, 2.24) is 20.0 Å². The summed E-state index contributed by atoms with van der Waals surface area (Å²) in [6, 6.07) is 5.07. The molecule has 1 saturated heterocycles. The van der Waals surface area contributed by atoms with Crippen molar-refractivity contribution in [2.24, 2.45) is 5.92 Å². The van der Waals surface area contributed by atoms with Crippen LogP contribution in [-0.4, -0.2) is 47.3 Å². The fraction of sp³-hybridized carbons (Fsp3) is 0.500. The van der Waals surface area contributed by atoms with E-state index in [0.29, 0.717) is 23.0 Å². The number of aryl methyl sites for hydroxylation is 1. The van der Waals surface area contributed by atoms with Crippen LogP contribution in [0.2, 0.25) is 0 Å². The molecule has 1 aliphatic rings. The van der Waals surface area contributed by atoms with Crippen LogP contribution < -0.4 is 5.32 Å². The highest BCUT2D eigenvalue weighted by Gasteiger charge is 2.31. The smallest absolute Gasteiger partial charge is 0.342 e. The topological polar surface area (TPSA) is 50.2 Å². The van der Waals surface area contributed by atoms with Gasteiger partial charge in [0, 0.05) is 24.3 Å². The molecule has 2 aromatic rings. The number of benzene rings is 1.